The van der Waals surface area contributed by atoms with Gasteiger partial charge < -0.3 is 47.1 Å². The molecule has 0 saturated carbocycles. The number of aromatic hydroxyl groups is 1. The Bertz CT molecular complexity index is 1940. The summed E-state index contributed by atoms with van der Waals surface area (Å²) < 4.78 is 5.34. The van der Waals surface area contributed by atoms with E-state index in [2.05, 4.69) is 26.6 Å². The molecule has 3 aromatic carbocycles. The molecule has 308 valence electrons. The van der Waals surface area contributed by atoms with Gasteiger partial charge in [0.1, 0.15) is 17.8 Å². The molecule has 15 nitrogen and oxygen atoms in total. The second kappa shape index (κ2) is 21.5. The first kappa shape index (κ1) is 43.1. The summed E-state index contributed by atoms with van der Waals surface area (Å²) in [7, 11) is 0. The summed E-state index contributed by atoms with van der Waals surface area (Å²) in [6.07, 6.45) is 3.48. The standard InChI is InChI=1S/C43H53N7O8/c44-18-22-58-23-20-46-40(55)35-16-19-45-37(52)14-15-39(54)50-21-7-17-43(29-50,27-30-8-2-1-3-9-30)42(57)49-36(25-31-10-6-13-34(51)24-31)41(56)47-28-33-12-5-4-11-32(33)26-38(53)48-35/h1-6,8-15,24,35-36,51H,7,16-23,25-29,44H2,(H,45,52)(H,46,55)(H,47,56)(H,48,53)(H,49,57)/b15-14+/t35-,36-,43-/m0/s1. The highest BCUT2D eigenvalue weighted by Gasteiger charge is 2.44. The van der Waals surface area contributed by atoms with Gasteiger partial charge in [0.05, 0.1) is 25.0 Å². The van der Waals surface area contributed by atoms with Crippen LogP contribution in [0.15, 0.2) is 91.0 Å². The van der Waals surface area contributed by atoms with Crippen LogP contribution in [0, 0.1) is 5.41 Å². The van der Waals surface area contributed by atoms with Gasteiger partial charge in [-0.3, -0.25) is 28.8 Å². The summed E-state index contributed by atoms with van der Waals surface area (Å²) in [6.45, 7) is 1.50. The van der Waals surface area contributed by atoms with Gasteiger partial charge in [0, 0.05) is 57.8 Å². The summed E-state index contributed by atoms with van der Waals surface area (Å²) in [5.74, 6) is -2.85. The van der Waals surface area contributed by atoms with Crippen molar-refractivity contribution in [3.05, 3.63) is 113 Å². The maximum Gasteiger partial charge on any atom is 0.246 e. The molecule has 6 amide bonds. The summed E-state index contributed by atoms with van der Waals surface area (Å²) in [5, 5.41) is 24.4. The molecule has 0 spiro atoms. The van der Waals surface area contributed by atoms with Crippen LogP contribution < -0.4 is 32.3 Å². The lowest BCUT2D eigenvalue weighted by atomic mass is 9.74. The molecule has 8 N–H and O–H groups in total. The minimum atomic E-state index is -1.12. The Morgan fingerprint density at radius 2 is 1.66 bits per heavy atom. The number of phenols is 1. The van der Waals surface area contributed by atoms with Crippen LogP contribution in [0.25, 0.3) is 0 Å². The van der Waals surface area contributed by atoms with Crippen LogP contribution in [0.1, 0.15) is 41.5 Å². The minimum absolute atomic E-state index is 0.00909. The van der Waals surface area contributed by atoms with Crippen LogP contribution >= 0.6 is 0 Å². The Hall–Kier alpha value is -6.06. The highest BCUT2D eigenvalue weighted by atomic mass is 16.5. The smallest absolute Gasteiger partial charge is 0.246 e. The third kappa shape index (κ3) is 12.7. The first-order valence-electron chi connectivity index (χ1n) is 19.6. The first-order valence-corrected chi connectivity index (χ1v) is 19.6. The van der Waals surface area contributed by atoms with Crippen LogP contribution in [0.4, 0.5) is 0 Å². The van der Waals surface area contributed by atoms with Crippen molar-refractivity contribution < 1.29 is 38.6 Å². The molecule has 2 heterocycles. The fraction of sp³-hybridized carbons (Fsp3) is 0.395. The summed E-state index contributed by atoms with van der Waals surface area (Å²) in [6, 6.07) is 20.9. The number of amides is 6. The number of fused-ring (bicyclic) bond motifs is 3. The van der Waals surface area contributed by atoms with Gasteiger partial charge in [0.25, 0.3) is 0 Å². The highest BCUT2D eigenvalue weighted by Crippen LogP contribution is 2.35. The van der Waals surface area contributed by atoms with E-state index >= 15 is 0 Å². The van der Waals surface area contributed by atoms with Crippen LogP contribution in [-0.4, -0.2) is 103 Å². The minimum Gasteiger partial charge on any atom is -0.508 e. The number of hydrogen-bond donors (Lipinski definition) is 7. The number of carbonyl (C=O) groups is 6. The van der Waals surface area contributed by atoms with E-state index in [1.165, 1.54) is 17.0 Å². The number of nitrogens with one attached hydrogen (secondary N) is 5. The molecule has 0 aromatic heterocycles. The van der Waals surface area contributed by atoms with Gasteiger partial charge in [-0.2, -0.15) is 0 Å². The molecule has 3 aromatic rings. The zero-order chi connectivity index (χ0) is 41.3. The van der Waals surface area contributed by atoms with Gasteiger partial charge in [-0.05, 0) is 60.1 Å². The van der Waals surface area contributed by atoms with E-state index in [-0.39, 0.29) is 57.8 Å². The van der Waals surface area contributed by atoms with Crippen molar-refractivity contribution in [1.82, 2.24) is 31.5 Å². The van der Waals surface area contributed by atoms with Gasteiger partial charge in [-0.15, -0.1) is 0 Å². The molecular weight excluding hydrogens is 743 g/mol. The van der Waals surface area contributed by atoms with Gasteiger partial charge in [0.15, 0.2) is 0 Å². The average molecular weight is 796 g/mol. The normalized spacial score (nSPS) is 21.8. The van der Waals surface area contributed by atoms with Crippen molar-refractivity contribution in [2.24, 2.45) is 11.1 Å². The Morgan fingerprint density at radius 1 is 0.897 bits per heavy atom. The maximum atomic E-state index is 14.6. The van der Waals surface area contributed by atoms with Gasteiger partial charge in [0.2, 0.25) is 35.4 Å². The Balaban J connectivity index is 1.45. The number of carbonyl (C=O) groups excluding carboxylic acids is 6. The van der Waals surface area contributed by atoms with Crippen molar-refractivity contribution in [3.63, 3.8) is 0 Å². The number of nitrogens with zero attached hydrogens (tertiary/aromatic N) is 1. The molecule has 5 rings (SSSR count). The number of nitrogens with two attached hydrogens (primary N) is 1. The quantitative estimate of drug-likeness (QED) is 0.144. The number of benzene rings is 3. The van der Waals surface area contributed by atoms with Crippen LogP contribution in [0.2, 0.25) is 0 Å². The largest absolute Gasteiger partial charge is 0.508 e. The molecule has 1 saturated heterocycles. The lowest BCUT2D eigenvalue weighted by Gasteiger charge is -2.42. The molecule has 1 fully saturated rings. The molecule has 0 radical (unpaired) electrons. The lowest BCUT2D eigenvalue weighted by Crippen LogP contribution is -2.58. The van der Waals surface area contributed by atoms with E-state index in [1.807, 2.05) is 30.3 Å². The number of phenolic OH excluding ortho intramolecular Hbond substituents is 1. The van der Waals surface area contributed by atoms with Gasteiger partial charge >= 0.3 is 0 Å². The van der Waals surface area contributed by atoms with Crippen LogP contribution in [0.5, 0.6) is 5.75 Å². The average Bonchev–Trinajstić information content (AvgIpc) is 3.21. The van der Waals surface area contributed by atoms with Crippen LogP contribution in [0.3, 0.4) is 0 Å². The second-order valence-electron chi connectivity index (χ2n) is 14.6. The summed E-state index contributed by atoms with van der Waals surface area (Å²) in [5.41, 5.74) is 7.09. The molecule has 2 bridgehead atoms. The van der Waals surface area contributed by atoms with Crippen molar-refractivity contribution in [2.75, 3.05) is 45.9 Å². The number of hydrogen-bond acceptors (Lipinski definition) is 9. The zero-order valence-corrected chi connectivity index (χ0v) is 32.5. The number of piperidine rings is 1. The Labute approximate surface area is 338 Å². The number of ether oxygens (including phenoxy) is 1. The first-order chi connectivity index (χ1) is 28.0. The predicted molar refractivity (Wildman–Crippen MR) is 216 cm³/mol. The van der Waals surface area contributed by atoms with Crippen molar-refractivity contribution in [2.45, 2.75) is 57.2 Å². The molecule has 3 atom stereocenters. The topological polar surface area (TPSA) is 221 Å². The SMILES string of the molecule is NCCOCCNC(=O)[C@@H]1CCNC(=O)/C=C/C(=O)N2CCC[C@](Cc3ccccc3)(C2)C(=O)N[C@@H](Cc2cccc(O)c2)C(=O)NCc2ccccc2CC(=O)N1. The lowest BCUT2D eigenvalue weighted by molar-refractivity contribution is -0.141. The molecule has 0 aliphatic carbocycles. The predicted octanol–water partition coefficient (Wildman–Crippen LogP) is 0.782. The van der Waals surface area contributed by atoms with Gasteiger partial charge in [-0.25, -0.2) is 0 Å². The van der Waals surface area contributed by atoms with Crippen molar-refractivity contribution in [1.29, 1.82) is 0 Å². The zero-order valence-electron chi connectivity index (χ0n) is 32.5. The van der Waals surface area contributed by atoms with Crippen molar-refractivity contribution >= 4 is 35.4 Å². The third-order valence-electron chi connectivity index (χ3n) is 10.2. The molecular formula is C43H53N7O8. The Morgan fingerprint density at radius 3 is 2.43 bits per heavy atom. The molecule has 58 heavy (non-hydrogen) atoms. The molecule has 2 aliphatic heterocycles. The third-order valence-corrected chi connectivity index (χ3v) is 10.2. The number of rotatable bonds is 10. The van der Waals surface area contributed by atoms with E-state index in [1.54, 1.807) is 36.4 Å². The van der Waals surface area contributed by atoms with Gasteiger partial charge in [-0.1, -0.05) is 66.7 Å². The van der Waals surface area contributed by atoms with Crippen LogP contribution in [-0.2, 0) is 59.3 Å². The summed E-state index contributed by atoms with van der Waals surface area (Å²) in [4.78, 5) is 83.4. The fourth-order valence-corrected chi connectivity index (χ4v) is 7.26. The van der Waals surface area contributed by atoms with E-state index in [9.17, 15) is 33.9 Å². The summed E-state index contributed by atoms with van der Waals surface area (Å²) >= 11 is 0. The maximum absolute atomic E-state index is 14.6. The molecule has 0 unspecified atom stereocenters. The highest BCUT2D eigenvalue weighted by molar-refractivity contribution is 5.97. The molecule has 15 heteroatoms. The second-order valence-corrected chi connectivity index (χ2v) is 14.6. The van der Waals surface area contributed by atoms with E-state index < -0.39 is 52.9 Å². The monoisotopic (exact) mass is 795 g/mol. The molecule has 2 aliphatic rings. The van der Waals surface area contributed by atoms with E-state index in [0.717, 1.165) is 17.7 Å². The van der Waals surface area contributed by atoms with E-state index in [4.69, 9.17) is 10.5 Å². The fourth-order valence-electron chi connectivity index (χ4n) is 7.26. The van der Waals surface area contributed by atoms with E-state index in [0.29, 0.717) is 55.6 Å². The van der Waals surface area contributed by atoms with Crippen molar-refractivity contribution in [3.8, 4) is 5.75 Å². The Kier molecular flexibility index (Phi) is 15.9.